The van der Waals surface area contributed by atoms with E-state index in [-0.39, 0.29) is 0 Å². The predicted molar refractivity (Wildman–Crippen MR) is 67.3 cm³/mol. The molecule has 16 heavy (non-hydrogen) atoms. The van der Waals surface area contributed by atoms with Gasteiger partial charge in [-0.05, 0) is 43.4 Å². The monoisotopic (exact) mass is 218 g/mol. The maximum absolute atomic E-state index is 4.21. The van der Waals surface area contributed by atoms with Gasteiger partial charge in [0.25, 0.3) is 0 Å². The van der Waals surface area contributed by atoms with Gasteiger partial charge in [-0.15, -0.1) is 0 Å². The van der Waals surface area contributed by atoms with Crippen molar-refractivity contribution in [3.05, 3.63) is 29.6 Å². The van der Waals surface area contributed by atoms with Gasteiger partial charge in [0.15, 0.2) is 0 Å². The largest absolute Gasteiger partial charge is 0.312 e. The third-order valence-electron chi connectivity index (χ3n) is 3.42. The fourth-order valence-electron chi connectivity index (χ4n) is 2.53. The van der Waals surface area contributed by atoms with Gasteiger partial charge in [-0.3, -0.25) is 4.98 Å². The zero-order chi connectivity index (χ0) is 11.2. The lowest BCUT2D eigenvalue weighted by Crippen LogP contribution is -2.24. The Hall–Kier alpha value is -0.890. The maximum Gasteiger partial charge on any atom is 0.0313 e. The Bertz CT molecular complexity index is 316. The molecule has 0 bridgehead atoms. The molecule has 1 aromatic rings. The number of pyridine rings is 1. The fourth-order valence-corrected chi connectivity index (χ4v) is 2.53. The molecule has 0 aliphatic heterocycles. The molecular weight excluding hydrogens is 196 g/mol. The second kappa shape index (κ2) is 6.00. The molecule has 1 aromatic heterocycles. The lowest BCUT2D eigenvalue weighted by Gasteiger charge is -2.21. The number of hydrogen-bond donors (Lipinski definition) is 1. The quantitative estimate of drug-likeness (QED) is 0.840. The van der Waals surface area contributed by atoms with E-state index < -0.39 is 0 Å². The van der Waals surface area contributed by atoms with Crippen molar-refractivity contribution in [2.45, 2.75) is 45.6 Å². The molecule has 0 radical (unpaired) electrons. The molecule has 0 saturated heterocycles. The van der Waals surface area contributed by atoms with Crippen LogP contribution in [-0.4, -0.2) is 11.5 Å². The fraction of sp³-hybridized carbons (Fsp3) is 0.643. The van der Waals surface area contributed by atoms with Gasteiger partial charge in [-0.1, -0.05) is 25.3 Å². The molecule has 0 atom stereocenters. The van der Waals surface area contributed by atoms with Crippen LogP contribution in [-0.2, 0) is 6.54 Å². The van der Waals surface area contributed by atoms with Crippen LogP contribution in [0.5, 0.6) is 0 Å². The minimum absolute atomic E-state index is 0.909. The molecule has 2 rings (SSSR count). The number of aromatic nitrogens is 1. The molecular formula is C14H22N2. The summed E-state index contributed by atoms with van der Waals surface area (Å²) in [5.74, 6) is 0.909. The average molecular weight is 218 g/mol. The zero-order valence-electron chi connectivity index (χ0n) is 10.2. The third kappa shape index (κ3) is 3.60. The van der Waals surface area contributed by atoms with Crippen molar-refractivity contribution in [3.63, 3.8) is 0 Å². The molecule has 88 valence electrons. The maximum atomic E-state index is 4.21. The first-order valence-electron chi connectivity index (χ1n) is 6.46. The van der Waals surface area contributed by atoms with Gasteiger partial charge in [-0.25, -0.2) is 0 Å². The normalized spacial score (nSPS) is 17.6. The molecule has 1 aliphatic rings. The van der Waals surface area contributed by atoms with Crippen LogP contribution in [0.4, 0.5) is 0 Å². The van der Waals surface area contributed by atoms with Crippen molar-refractivity contribution in [1.82, 2.24) is 10.3 Å². The highest BCUT2D eigenvalue weighted by Crippen LogP contribution is 2.22. The Morgan fingerprint density at radius 1 is 1.25 bits per heavy atom. The first kappa shape index (κ1) is 11.6. The molecule has 1 N–H and O–H groups in total. The van der Waals surface area contributed by atoms with Gasteiger partial charge in [0.05, 0.1) is 0 Å². The van der Waals surface area contributed by atoms with Crippen LogP contribution in [0.2, 0.25) is 0 Å². The molecule has 1 fully saturated rings. The van der Waals surface area contributed by atoms with Crippen molar-refractivity contribution in [2.24, 2.45) is 5.92 Å². The topological polar surface area (TPSA) is 24.9 Å². The average Bonchev–Trinajstić information content (AvgIpc) is 2.30. The van der Waals surface area contributed by atoms with Crippen LogP contribution >= 0.6 is 0 Å². The Balaban J connectivity index is 1.71. The second-order valence-corrected chi connectivity index (χ2v) is 5.01. The van der Waals surface area contributed by atoms with Crippen LogP contribution in [0.25, 0.3) is 0 Å². The standard InChI is InChI=1S/C14H22N2/c1-12-7-14(10-15-8-12)11-16-9-13-5-3-2-4-6-13/h7-8,10,13,16H,2-6,9,11H2,1H3. The summed E-state index contributed by atoms with van der Waals surface area (Å²) in [5.41, 5.74) is 2.55. The van der Waals surface area contributed by atoms with Crippen LogP contribution in [0.15, 0.2) is 18.5 Å². The van der Waals surface area contributed by atoms with Crippen LogP contribution < -0.4 is 5.32 Å². The molecule has 0 aromatic carbocycles. The van der Waals surface area contributed by atoms with E-state index in [9.17, 15) is 0 Å². The number of hydrogen-bond acceptors (Lipinski definition) is 2. The Kier molecular flexibility index (Phi) is 4.34. The summed E-state index contributed by atoms with van der Waals surface area (Å²) in [6.07, 6.45) is 11.0. The summed E-state index contributed by atoms with van der Waals surface area (Å²) in [6.45, 7) is 4.23. The molecule has 2 heteroatoms. The molecule has 2 nitrogen and oxygen atoms in total. The Morgan fingerprint density at radius 2 is 2.06 bits per heavy atom. The van der Waals surface area contributed by atoms with Crippen molar-refractivity contribution in [3.8, 4) is 0 Å². The van der Waals surface area contributed by atoms with Crippen LogP contribution in [0.3, 0.4) is 0 Å². The number of nitrogens with zero attached hydrogens (tertiary/aromatic N) is 1. The second-order valence-electron chi connectivity index (χ2n) is 5.01. The summed E-state index contributed by atoms with van der Waals surface area (Å²) in [6, 6.07) is 2.21. The molecule has 1 aliphatic carbocycles. The van der Waals surface area contributed by atoms with Gasteiger partial charge < -0.3 is 5.32 Å². The van der Waals surface area contributed by atoms with E-state index in [2.05, 4.69) is 23.3 Å². The van der Waals surface area contributed by atoms with Crippen molar-refractivity contribution < 1.29 is 0 Å². The molecule has 1 saturated carbocycles. The van der Waals surface area contributed by atoms with Gasteiger partial charge in [0, 0.05) is 18.9 Å². The minimum Gasteiger partial charge on any atom is -0.312 e. The van der Waals surface area contributed by atoms with Crippen molar-refractivity contribution >= 4 is 0 Å². The highest BCUT2D eigenvalue weighted by Gasteiger charge is 2.12. The van der Waals surface area contributed by atoms with Crippen LogP contribution in [0, 0.1) is 12.8 Å². The van der Waals surface area contributed by atoms with Crippen LogP contribution in [0.1, 0.15) is 43.2 Å². The first-order valence-corrected chi connectivity index (χ1v) is 6.46. The summed E-state index contributed by atoms with van der Waals surface area (Å²) in [5, 5.41) is 3.56. The van der Waals surface area contributed by atoms with E-state index in [1.165, 1.54) is 49.8 Å². The SMILES string of the molecule is Cc1cncc(CNCC2CCCCC2)c1. The van der Waals surface area contributed by atoms with Crippen molar-refractivity contribution in [2.75, 3.05) is 6.54 Å². The Labute approximate surface area is 98.5 Å². The lowest BCUT2D eigenvalue weighted by molar-refractivity contribution is 0.342. The van der Waals surface area contributed by atoms with E-state index in [1.54, 1.807) is 0 Å². The van der Waals surface area contributed by atoms with E-state index in [1.807, 2.05) is 12.4 Å². The predicted octanol–water partition coefficient (Wildman–Crippen LogP) is 3.06. The molecule has 0 unspecified atom stereocenters. The highest BCUT2D eigenvalue weighted by molar-refractivity contribution is 5.16. The first-order chi connectivity index (χ1) is 7.84. The molecule has 1 heterocycles. The number of aryl methyl sites for hydroxylation is 1. The smallest absolute Gasteiger partial charge is 0.0313 e. The summed E-state index contributed by atoms with van der Waals surface area (Å²) < 4.78 is 0. The van der Waals surface area contributed by atoms with Gasteiger partial charge in [0.1, 0.15) is 0 Å². The van der Waals surface area contributed by atoms with Gasteiger partial charge in [-0.2, -0.15) is 0 Å². The molecule has 0 amide bonds. The van der Waals surface area contributed by atoms with E-state index in [0.29, 0.717) is 0 Å². The summed E-state index contributed by atoms with van der Waals surface area (Å²) >= 11 is 0. The van der Waals surface area contributed by atoms with Gasteiger partial charge >= 0.3 is 0 Å². The highest BCUT2D eigenvalue weighted by atomic mass is 14.9. The Morgan fingerprint density at radius 3 is 2.81 bits per heavy atom. The van der Waals surface area contributed by atoms with E-state index >= 15 is 0 Å². The van der Waals surface area contributed by atoms with Gasteiger partial charge in [0.2, 0.25) is 0 Å². The third-order valence-corrected chi connectivity index (χ3v) is 3.42. The lowest BCUT2D eigenvalue weighted by atomic mass is 9.89. The number of nitrogens with one attached hydrogen (secondary N) is 1. The van der Waals surface area contributed by atoms with Crippen molar-refractivity contribution in [1.29, 1.82) is 0 Å². The van der Waals surface area contributed by atoms with E-state index in [0.717, 1.165) is 12.5 Å². The summed E-state index contributed by atoms with van der Waals surface area (Å²) in [7, 11) is 0. The zero-order valence-corrected chi connectivity index (χ0v) is 10.2. The molecule has 0 spiro atoms. The minimum atomic E-state index is 0.909. The number of rotatable bonds is 4. The van der Waals surface area contributed by atoms with E-state index in [4.69, 9.17) is 0 Å². The summed E-state index contributed by atoms with van der Waals surface area (Å²) in [4.78, 5) is 4.21.